The van der Waals surface area contributed by atoms with E-state index in [4.69, 9.17) is 0 Å². The number of aliphatic imine (C=N–C) groups is 1. The largest absolute Gasteiger partial charge is 0.357 e. The third kappa shape index (κ3) is 4.13. The van der Waals surface area contributed by atoms with Gasteiger partial charge in [-0.2, -0.15) is 0 Å². The Morgan fingerprint density at radius 1 is 1.17 bits per heavy atom. The molecule has 3 N–H and O–H groups in total. The number of H-pyrrole nitrogens is 1. The van der Waals surface area contributed by atoms with Crippen molar-refractivity contribution in [2.24, 2.45) is 4.99 Å². The first kappa shape index (κ1) is 15.6. The van der Waals surface area contributed by atoms with Gasteiger partial charge in [-0.1, -0.05) is 18.2 Å². The number of hydrogen-bond donors (Lipinski definition) is 3. The summed E-state index contributed by atoms with van der Waals surface area (Å²) < 4.78 is 0. The Kier molecular flexibility index (Phi) is 4.98. The van der Waals surface area contributed by atoms with Crippen LogP contribution < -0.4 is 10.6 Å². The second kappa shape index (κ2) is 7.33. The topological polar surface area (TPSA) is 52.2 Å². The number of guanidine groups is 1. The highest BCUT2D eigenvalue weighted by Crippen LogP contribution is 2.16. The molecule has 0 fully saturated rings. The van der Waals surface area contributed by atoms with Crippen molar-refractivity contribution in [3.8, 4) is 0 Å². The molecule has 0 unspecified atom stereocenters. The van der Waals surface area contributed by atoms with Crippen LogP contribution in [0.3, 0.4) is 0 Å². The molecular weight excluding hydrogens is 304 g/mol. The Morgan fingerprint density at radius 2 is 2.04 bits per heavy atom. The maximum absolute atomic E-state index is 4.67. The molecule has 0 saturated carbocycles. The minimum absolute atomic E-state index is 0.632. The van der Waals surface area contributed by atoms with Gasteiger partial charge in [-0.15, -0.1) is 11.3 Å². The number of fused-ring (bicyclic) bond motifs is 1. The standard InChI is InChI=1S/C18H22N4S/c1-3-19-18(21-12-16-9-8-13(2)23-16)20-11-15-10-14-6-4-5-7-17(14)22-15/h4-10,22H,3,11-12H2,1-2H3,(H2,19,20,21). The van der Waals surface area contributed by atoms with Crippen molar-refractivity contribution in [3.05, 3.63) is 57.9 Å². The van der Waals surface area contributed by atoms with Crippen LogP contribution in [0.25, 0.3) is 10.9 Å². The van der Waals surface area contributed by atoms with Gasteiger partial charge in [-0.3, -0.25) is 0 Å². The molecule has 1 aromatic carbocycles. The van der Waals surface area contributed by atoms with E-state index in [1.165, 1.54) is 15.1 Å². The number of aromatic amines is 1. The van der Waals surface area contributed by atoms with Gasteiger partial charge in [-0.25, -0.2) is 4.99 Å². The van der Waals surface area contributed by atoms with Gasteiger partial charge in [0.1, 0.15) is 0 Å². The highest BCUT2D eigenvalue weighted by Gasteiger charge is 2.02. The maximum atomic E-state index is 4.67. The van der Waals surface area contributed by atoms with E-state index in [2.05, 4.69) is 70.9 Å². The second-order valence-electron chi connectivity index (χ2n) is 5.44. The molecule has 3 rings (SSSR count). The summed E-state index contributed by atoms with van der Waals surface area (Å²) in [6.07, 6.45) is 0. The number of aromatic nitrogens is 1. The third-order valence-corrected chi connectivity index (χ3v) is 4.56. The summed E-state index contributed by atoms with van der Waals surface area (Å²) in [7, 11) is 0. The predicted molar refractivity (Wildman–Crippen MR) is 99.0 cm³/mol. The molecule has 0 aliphatic heterocycles. The van der Waals surface area contributed by atoms with Crippen LogP contribution >= 0.6 is 11.3 Å². The van der Waals surface area contributed by atoms with Gasteiger partial charge < -0.3 is 15.6 Å². The lowest BCUT2D eigenvalue weighted by atomic mass is 10.2. The van der Waals surface area contributed by atoms with Gasteiger partial charge in [0.05, 0.1) is 13.1 Å². The minimum Gasteiger partial charge on any atom is -0.357 e. The quantitative estimate of drug-likeness (QED) is 0.493. The molecule has 5 heteroatoms. The van der Waals surface area contributed by atoms with Gasteiger partial charge in [0.25, 0.3) is 0 Å². The van der Waals surface area contributed by atoms with Crippen LogP contribution in [0.1, 0.15) is 22.4 Å². The van der Waals surface area contributed by atoms with E-state index >= 15 is 0 Å². The zero-order chi connectivity index (χ0) is 16.1. The number of rotatable bonds is 5. The summed E-state index contributed by atoms with van der Waals surface area (Å²) in [5.41, 5.74) is 2.28. The van der Waals surface area contributed by atoms with Crippen LogP contribution in [0.5, 0.6) is 0 Å². The molecule has 0 amide bonds. The Labute approximate surface area is 140 Å². The van der Waals surface area contributed by atoms with Crippen molar-refractivity contribution >= 4 is 28.2 Å². The number of nitrogens with one attached hydrogen (secondary N) is 3. The van der Waals surface area contributed by atoms with Gasteiger partial charge in [0.2, 0.25) is 0 Å². The van der Waals surface area contributed by atoms with Gasteiger partial charge in [0.15, 0.2) is 5.96 Å². The summed E-state index contributed by atoms with van der Waals surface area (Å²) in [6, 6.07) is 14.8. The highest BCUT2D eigenvalue weighted by atomic mass is 32.1. The number of hydrogen-bond acceptors (Lipinski definition) is 2. The first-order valence-corrected chi connectivity index (χ1v) is 8.70. The summed E-state index contributed by atoms with van der Waals surface area (Å²) >= 11 is 1.81. The Hall–Kier alpha value is -2.27. The van der Waals surface area contributed by atoms with Crippen molar-refractivity contribution in [1.82, 2.24) is 15.6 Å². The molecule has 3 aromatic rings. The molecule has 4 nitrogen and oxygen atoms in total. The smallest absolute Gasteiger partial charge is 0.191 e. The van der Waals surface area contributed by atoms with Crippen LogP contribution in [0.2, 0.25) is 0 Å². The van der Waals surface area contributed by atoms with E-state index in [-0.39, 0.29) is 0 Å². The molecule has 0 bridgehead atoms. The van der Waals surface area contributed by atoms with E-state index in [0.29, 0.717) is 6.54 Å². The van der Waals surface area contributed by atoms with Crippen molar-refractivity contribution in [2.45, 2.75) is 26.9 Å². The fourth-order valence-corrected chi connectivity index (χ4v) is 3.31. The Balaban J connectivity index is 1.65. The van der Waals surface area contributed by atoms with Crippen LogP contribution in [-0.2, 0) is 13.1 Å². The molecule has 2 heterocycles. The predicted octanol–water partition coefficient (Wildman–Crippen LogP) is 3.79. The summed E-state index contributed by atoms with van der Waals surface area (Å²) in [5, 5.41) is 7.91. The lowest BCUT2D eigenvalue weighted by Crippen LogP contribution is -2.36. The molecule has 0 aliphatic rings. The molecule has 2 aromatic heterocycles. The zero-order valence-electron chi connectivity index (χ0n) is 13.5. The van der Waals surface area contributed by atoms with Crippen LogP contribution in [0.15, 0.2) is 47.5 Å². The summed E-state index contributed by atoms with van der Waals surface area (Å²) in [6.45, 7) is 6.49. The van der Waals surface area contributed by atoms with Crippen LogP contribution in [0.4, 0.5) is 0 Å². The highest BCUT2D eigenvalue weighted by molar-refractivity contribution is 7.11. The van der Waals surface area contributed by atoms with Gasteiger partial charge in [-0.05, 0) is 43.5 Å². The third-order valence-electron chi connectivity index (χ3n) is 3.56. The summed E-state index contributed by atoms with van der Waals surface area (Å²) in [5.74, 6) is 0.845. The molecule has 0 atom stereocenters. The van der Waals surface area contributed by atoms with Crippen molar-refractivity contribution in [3.63, 3.8) is 0 Å². The average molecular weight is 326 g/mol. The fraction of sp³-hybridized carbons (Fsp3) is 0.278. The van der Waals surface area contributed by atoms with Crippen LogP contribution in [0, 0.1) is 6.92 Å². The molecule has 0 radical (unpaired) electrons. The fourth-order valence-electron chi connectivity index (χ4n) is 2.48. The molecule has 23 heavy (non-hydrogen) atoms. The number of para-hydroxylation sites is 1. The monoisotopic (exact) mass is 326 g/mol. The van der Waals surface area contributed by atoms with Crippen molar-refractivity contribution < 1.29 is 0 Å². The first-order chi connectivity index (χ1) is 11.2. The van der Waals surface area contributed by atoms with Gasteiger partial charge in [0, 0.05) is 27.5 Å². The maximum Gasteiger partial charge on any atom is 0.191 e. The van der Waals surface area contributed by atoms with Crippen LogP contribution in [-0.4, -0.2) is 17.5 Å². The molecular formula is C18H22N4S. The Bertz CT molecular complexity index is 767. The SMILES string of the molecule is CCNC(=NCc1cc2ccccc2[nH]1)NCc1ccc(C)s1. The van der Waals surface area contributed by atoms with Crippen molar-refractivity contribution in [2.75, 3.05) is 6.54 Å². The molecule has 120 valence electrons. The minimum atomic E-state index is 0.632. The van der Waals surface area contributed by atoms with E-state index in [1.807, 2.05) is 17.4 Å². The second-order valence-corrected chi connectivity index (χ2v) is 6.82. The van der Waals surface area contributed by atoms with E-state index in [0.717, 1.165) is 30.3 Å². The molecule has 0 spiro atoms. The van der Waals surface area contributed by atoms with Crippen molar-refractivity contribution in [1.29, 1.82) is 0 Å². The van der Waals surface area contributed by atoms with E-state index in [1.54, 1.807) is 0 Å². The average Bonchev–Trinajstić information content (AvgIpc) is 3.15. The van der Waals surface area contributed by atoms with Gasteiger partial charge >= 0.3 is 0 Å². The number of benzene rings is 1. The molecule has 0 aliphatic carbocycles. The lowest BCUT2D eigenvalue weighted by molar-refractivity contribution is 0.820. The van der Waals surface area contributed by atoms with E-state index < -0.39 is 0 Å². The number of thiophene rings is 1. The summed E-state index contributed by atoms with van der Waals surface area (Å²) in [4.78, 5) is 10.7. The number of nitrogens with zero attached hydrogens (tertiary/aromatic N) is 1. The normalized spacial score (nSPS) is 11.8. The zero-order valence-corrected chi connectivity index (χ0v) is 14.3. The number of aryl methyl sites for hydroxylation is 1. The first-order valence-electron chi connectivity index (χ1n) is 7.88. The molecule has 0 saturated heterocycles. The Morgan fingerprint density at radius 3 is 2.78 bits per heavy atom. The lowest BCUT2D eigenvalue weighted by Gasteiger charge is -2.10. The van der Waals surface area contributed by atoms with E-state index in [9.17, 15) is 0 Å².